The fourth-order valence-corrected chi connectivity index (χ4v) is 3.13. The summed E-state index contributed by atoms with van der Waals surface area (Å²) in [6.07, 6.45) is 2.17. The van der Waals surface area contributed by atoms with Gasteiger partial charge in [0.2, 0.25) is 0 Å². The minimum atomic E-state index is -0.553. The minimum absolute atomic E-state index is 0.145. The van der Waals surface area contributed by atoms with Crippen LogP contribution in [0.5, 0.6) is 5.75 Å². The van der Waals surface area contributed by atoms with E-state index >= 15 is 0 Å². The van der Waals surface area contributed by atoms with Crippen LogP contribution in [0.15, 0.2) is 36.5 Å². The summed E-state index contributed by atoms with van der Waals surface area (Å²) in [5.74, 6) is 0.219. The third kappa shape index (κ3) is 3.26. The van der Waals surface area contributed by atoms with Crippen LogP contribution in [-0.4, -0.2) is 54.7 Å². The molecule has 3 aromatic rings. The monoisotopic (exact) mass is 366 g/mol. The Bertz CT molecular complexity index is 979. The molecule has 0 saturated carbocycles. The van der Waals surface area contributed by atoms with E-state index in [-0.39, 0.29) is 17.4 Å². The number of hydrogen-bond donors (Lipinski definition) is 3. The molecule has 3 heterocycles. The highest BCUT2D eigenvalue weighted by molar-refractivity contribution is 5.93. The van der Waals surface area contributed by atoms with Crippen LogP contribution in [-0.2, 0) is 13.0 Å². The molecule has 4 rings (SSSR count). The summed E-state index contributed by atoms with van der Waals surface area (Å²) in [5, 5.41) is 16.4. The predicted octanol–water partition coefficient (Wildman–Crippen LogP) is 0.776. The van der Waals surface area contributed by atoms with E-state index in [0.717, 1.165) is 11.4 Å². The van der Waals surface area contributed by atoms with Crippen molar-refractivity contribution in [3.05, 3.63) is 53.7 Å². The number of aromatic amines is 1. The molecule has 27 heavy (non-hydrogen) atoms. The van der Waals surface area contributed by atoms with Gasteiger partial charge in [0.15, 0.2) is 0 Å². The zero-order valence-corrected chi connectivity index (χ0v) is 14.4. The lowest BCUT2D eigenvalue weighted by atomic mass is 10.1. The van der Waals surface area contributed by atoms with Gasteiger partial charge in [-0.2, -0.15) is 5.10 Å². The molecule has 0 bridgehead atoms. The average molecular weight is 366 g/mol. The first kappa shape index (κ1) is 16.8. The number of hydrogen-bond acceptors (Lipinski definition) is 5. The highest BCUT2D eigenvalue weighted by Crippen LogP contribution is 2.21. The molecule has 9 nitrogen and oxygen atoms in total. The molecule has 0 saturated heterocycles. The van der Waals surface area contributed by atoms with E-state index in [1.54, 1.807) is 41.4 Å². The summed E-state index contributed by atoms with van der Waals surface area (Å²) >= 11 is 0. The Kier molecular flexibility index (Phi) is 4.11. The summed E-state index contributed by atoms with van der Waals surface area (Å²) in [6.45, 7) is 1.52. The molecule has 4 N–H and O–H groups in total. The molecular weight excluding hydrogens is 348 g/mol. The van der Waals surface area contributed by atoms with Gasteiger partial charge in [-0.25, -0.2) is 4.98 Å². The third-order valence-corrected chi connectivity index (χ3v) is 4.59. The minimum Gasteiger partial charge on any atom is -0.508 e. The second-order valence-corrected chi connectivity index (χ2v) is 6.36. The van der Waals surface area contributed by atoms with Crippen molar-refractivity contribution in [1.82, 2.24) is 24.6 Å². The number of fused-ring (bicyclic) bond motifs is 1. The fraction of sp³-hybridized carbons (Fsp3) is 0.222. The van der Waals surface area contributed by atoms with Gasteiger partial charge in [0.1, 0.15) is 23.0 Å². The van der Waals surface area contributed by atoms with E-state index in [9.17, 15) is 14.7 Å². The molecule has 138 valence electrons. The molecule has 0 fully saturated rings. The predicted molar refractivity (Wildman–Crippen MR) is 96.0 cm³/mol. The van der Waals surface area contributed by atoms with E-state index < -0.39 is 5.91 Å². The van der Waals surface area contributed by atoms with Crippen molar-refractivity contribution >= 4 is 11.8 Å². The first-order chi connectivity index (χ1) is 13.0. The Hall–Kier alpha value is -3.62. The zero-order chi connectivity index (χ0) is 19.0. The number of amides is 2. The number of aromatic nitrogens is 4. The second-order valence-electron chi connectivity index (χ2n) is 6.36. The standard InChI is InChI=1S/C18H18N6O3/c19-17(26)15-10-24-8-7-23(6-5-16(24)20-15)18(27)14-9-13(21-22-14)11-1-3-12(25)4-2-11/h1-4,9-10,25H,5-8H2,(H2,19,26)(H,21,22). The molecule has 0 spiro atoms. The Morgan fingerprint density at radius 2 is 1.93 bits per heavy atom. The van der Waals surface area contributed by atoms with Crippen LogP contribution in [0.2, 0.25) is 0 Å². The number of primary amides is 1. The molecule has 0 radical (unpaired) electrons. The summed E-state index contributed by atoms with van der Waals surface area (Å²) in [6, 6.07) is 8.31. The van der Waals surface area contributed by atoms with E-state index in [4.69, 9.17) is 5.73 Å². The molecule has 1 aliphatic rings. The van der Waals surface area contributed by atoms with Gasteiger partial charge in [-0.05, 0) is 30.3 Å². The topological polar surface area (TPSA) is 130 Å². The van der Waals surface area contributed by atoms with Crippen LogP contribution in [0.25, 0.3) is 11.3 Å². The summed E-state index contributed by atoms with van der Waals surface area (Å²) in [7, 11) is 0. The molecule has 1 aromatic carbocycles. The molecule has 2 amide bonds. The first-order valence-corrected chi connectivity index (χ1v) is 8.51. The molecule has 0 unspecified atom stereocenters. The molecule has 2 aromatic heterocycles. The first-order valence-electron chi connectivity index (χ1n) is 8.51. The van der Waals surface area contributed by atoms with Gasteiger partial charge in [0, 0.05) is 37.8 Å². The normalized spacial score (nSPS) is 13.9. The number of aromatic hydroxyl groups is 1. The molecular formula is C18H18N6O3. The number of imidazole rings is 1. The summed E-state index contributed by atoms with van der Waals surface area (Å²) in [5.41, 5.74) is 7.35. The largest absolute Gasteiger partial charge is 0.508 e. The van der Waals surface area contributed by atoms with Crippen molar-refractivity contribution in [3.8, 4) is 17.0 Å². The second kappa shape index (κ2) is 6.60. The van der Waals surface area contributed by atoms with Crippen molar-refractivity contribution in [2.75, 3.05) is 13.1 Å². The SMILES string of the molecule is NC(=O)c1cn2c(n1)CCN(C(=O)c1cc(-c3ccc(O)cc3)n[nH]1)CC2. The highest BCUT2D eigenvalue weighted by atomic mass is 16.3. The molecule has 0 aliphatic carbocycles. The van der Waals surface area contributed by atoms with Gasteiger partial charge in [-0.1, -0.05) is 0 Å². The Morgan fingerprint density at radius 1 is 1.15 bits per heavy atom. The van der Waals surface area contributed by atoms with Gasteiger partial charge < -0.3 is 20.3 Å². The maximum absolute atomic E-state index is 12.8. The van der Waals surface area contributed by atoms with Gasteiger partial charge in [-0.3, -0.25) is 14.7 Å². The van der Waals surface area contributed by atoms with Gasteiger partial charge in [0.05, 0.1) is 5.69 Å². The number of benzene rings is 1. The third-order valence-electron chi connectivity index (χ3n) is 4.59. The number of nitrogens with one attached hydrogen (secondary N) is 1. The van der Waals surface area contributed by atoms with Crippen LogP contribution in [0.3, 0.4) is 0 Å². The van der Waals surface area contributed by atoms with Crippen LogP contribution < -0.4 is 5.73 Å². The van der Waals surface area contributed by atoms with E-state index in [2.05, 4.69) is 15.2 Å². The average Bonchev–Trinajstić information content (AvgIpc) is 3.26. The number of carbonyl (C=O) groups excluding carboxylic acids is 2. The van der Waals surface area contributed by atoms with Crippen molar-refractivity contribution in [1.29, 1.82) is 0 Å². The van der Waals surface area contributed by atoms with Gasteiger partial charge in [-0.15, -0.1) is 0 Å². The quantitative estimate of drug-likeness (QED) is 0.630. The smallest absolute Gasteiger partial charge is 0.271 e. The number of carbonyl (C=O) groups is 2. The number of phenolic OH excluding ortho intramolecular Hbond substituents is 1. The maximum atomic E-state index is 12.8. The number of phenols is 1. The number of H-pyrrole nitrogens is 1. The van der Waals surface area contributed by atoms with E-state index in [1.807, 2.05) is 4.57 Å². The van der Waals surface area contributed by atoms with Gasteiger partial charge >= 0.3 is 0 Å². The molecule has 1 aliphatic heterocycles. The number of nitrogens with zero attached hydrogens (tertiary/aromatic N) is 4. The van der Waals surface area contributed by atoms with Crippen molar-refractivity contribution in [3.63, 3.8) is 0 Å². The summed E-state index contributed by atoms with van der Waals surface area (Å²) in [4.78, 5) is 30.0. The van der Waals surface area contributed by atoms with Crippen molar-refractivity contribution in [2.45, 2.75) is 13.0 Å². The summed E-state index contributed by atoms with van der Waals surface area (Å²) < 4.78 is 1.86. The van der Waals surface area contributed by atoms with Crippen LogP contribution in [0.1, 0.15) is 26.8 Å². The zero-order valence-electron chi connectivity index (χ0n) is 14.4. The van der Waals surface area contributed by atoms with Gasteiger partial charge in [0.25, 0.3) is 11.8 Å². The Labute approximate surface area is 154 Å². The van der Waals surface area contributed by atoms with Crippen molar-refractivity contribution < 1.29 is 14.7 Å². The van der Waals surface area contributed by atoms with Crippen LogP contribution in [0, 0.1) is 0 Å². The molecule has 9 heteroatoms. The maximum Gasteiger partial charge on any atom is 0.271 e. The lowest BCUT2D eigenvalue weighted by Crippen LogP contribution is -2.34. The van der Waals surface area contributed by atoms with Crippen LogP contribution >= 0.6 is 0 Å². The molecule has 0 atom stereocenters. The van der Waals surface area contributed by atoms with Crippen LogP contribution in [0.4, 0.5) is 0 Å². The number of rotatable bonds is 3. The lowest BCUT2D eigenvalue weighted by Gasteiger charge is -2.18. The lowest BCUT2D eigenvalue weighted by molar-refractivity contribution is 0.0752. The Morgan fingerprint density at radius 3 is 2.67 bits per heavy atom. The Balaban J connectivity index is 1.48. The number of nitrogens with two attached hydrogens (primary N) is 1. The van der Waals surface area contributed by atoms with E-state index in [1.165, 1.54) is 0 Å². The van der Waals surface area contributed by atoms with E-state index in [0.29, 0.717) is 37.4 Å². The van der Waals surface area contributed by atoms with Crippen molar-refractivity contribution in [2.24, 2.45) is 5.73 Å². The highest BCUT2D eigenvalue weighted by Gasteiger charge is 2.23. The fourth-order valence-electron chi connectivity index (χ4n) is 3.13.